The largest absolute Gasteiger partial charge is 0.352 e. The Morgan fingerprint density at radius 3 is 2.61 bits per heavy atom. The van der Waals surface area contributed by atoms with Gasteiger partial charge in [-0.2, -0.15) is 0 Å². The summed E-state index contributed by atoms with van der Waals surface area (Å²) >= 11 is 0. The molecule has 2 aliphatic rings. The summed E-state index contributed by atoms with van der Waals surface area (Å²) in [5, 5.41) is 3.05. The highest BCUT2D eigenvalue weighted by atomic mass is 16.2. The molecule has 0 spiro atoms. The summed E-state index contributed by atoms with van der Waals surface area (Å²) in [5.41, 5.74) is 1.21. The molecule has 4 nitrogen and oxygen atoms in total. The lowest BCUT2D eigenvalue weighted by Gasteiger charge is -2.26. The molecule has 2 atom stereocenters. The van der Waals surface area contributed by atoms with Crippen molar-refractivity contribution in [3.63, 3.8) is 0 Å². The maximum absolute atomic E-state index is 12.8. The molecule has 1 aliphatic heterocycles. The summed E-state index contributed by atoms with van der Waals surface area (Å²) in [6.45, 7) is 2.83. The van der Waals surface area contributed by atoms with E-state index in [4.69, 9.17) is 0 Å². The van der Waals surface area contributed by atoms with Crippen LogP contribution in [0.4, 0.5) is 0 Å². The van der Waals surface area contributed by atoms with Crippen LogP contribution in [0.3, 0.4) is 0 Å². The molecule has 4 heteroatoms. The smallest absolute Gasteiger partial charge is 0.243 e. The van der Waals surface area contributed by atoms with Crippen LogP contribution in [-0.2, 0) is 9.59 Å². The maximum atomic E-state index is 12.8. The normalized spacial score (nSPS) is 22.0. The average molecular weight is 314 g/mol. The molecular formula is C19H26N2O2. The third-order valence-corrected chi connectivity index (χ3v) is 4.98. The lowest BCUT2D eigenvalue weighted by Crippen LogP contribution is -2.46. The van der Waals surface area contributed by atoms with E-state index in [1.807, 2.05) is 23.1 Å². The first-order valence-corrected chi connectivity index (χ1v) is 8.83. The Bertz CT molecular complexity index is 554. The van der Waals surface area contributed by atoms with Crippen molar-refractivity contribution in [2.45, 2.75) is 63.5 Å². The second-order valence-electron chi connectivity index (χ2n) is 6.75. The zero-order valence-electron chi connectivity index (χ0n) is 13.8. The minimum Gasteiger partial charge on any atom is -0.352 e. The van der Waals surface area contributed by atoms with E-state index in [1.165, 1.54) is 5.56 Å². The van der Waals surface area contributed by atoms with E-state index in [0.717, 1.165) is 32.1 Å². The number of hydrogen-bond acceptors (Lipinski definition) is 2. The van der Waals surface area contributed by atoms with Crippen LogP contribution in [0, 0.1) is 0 Å². The standard InChI is InChI=1S/C19H26N2O2/c1-2-14(15-7-4-3-5-8-15)13-18(22)21-12-6-9-17(21)19(23)20-16-10-11-16/h3-5,7-8,14,16-17H,2,6,9-13H2,1H3,(H,20,23). The third-order valence-electron chi connectivity index (χ3n) is 4.98. The lowest BCUT2D eigenvalue weighted by atomic mass is 9.92. The molecule has 2 unspecified atom stereocenters. The number of benzene rings is 1. The number of nitrogens with zero attached hydrogens (tertiary/aromatic N) is 1. The molecule has 2 amide bonds. The highest BCUT2D eigenvalue weighted by Gasteiger charge is 2.36. The van der Waals surface area contributed by atoms with Gasteiger partial charge in [-0.3, -0.25) is 9.59 Å². The third kappa shape index (κ3) is 3.92. The Kier molecular flexibility index (Phi) is 4.99. The summed E-state index contributed by atoms with van der Waals surface area (Å²) in [7, 11) is 0. The van der Waals surface area contributed by atoms with E-state index in [1.54, 1.807) is 0 Å². The Morgan fingerprint density at radius 2 is 1.96 bits per heavy atom. The van der Waals surface area contributed by atoms with Crippen molar-refractivity contribution in [3.8, 4) is 0 Å². The summed E-state index contributed by atoms with van der Waals surface area (Å²) in [6, 6.07) is 10.3. The van der Waals surface area contributed by atoms with Gasteiger partial charge in [-0.15, -0.1) is 0 Å². The van der Waals surface area contributed by atoms with Crippen LogP contribution < -0.4 is 5.32 Å². The fraction of sp³-hybridized carbons (Fsp3) is 0.579. The average Bonchev–Trinajstić information content (AvgIpc) is 3.24. The quantitative estimate of drug-likeness (QED) is 0.878. The predicted molar refractivity (Wildman–Crippen MR) is 90.0 cm³/mol. The van der Waals surface area contributed by atoms with Gasteiger partial charge in [0, 0.05) is 19.0 Å². The number of carbonyl (C=O) groups excluding carboxylic acids is 2. The molecule has 124 valence electrons. The van der Waals surface area contributed by atoms with Crippen molar-refractivity contribution < 1.29 is 9.59 Å². The second-order valence-corrected chi connectivity index (χ2v) is 6.75. The van der Waals surface area contributed by atoms with Gasteiger partial charge in [0.25, 0.3) is 0 Å². The molecule has 2 fully saturated rings. The number of hydrogen-bond donors (Lipinski definition) is 1. The Labute approximate surface area is 138 Å². The summed E-state index contributed by atoms with van der Waals surface area (Å²) in [5.74, 6) is 0.400. The number of nitrogens with one attached hydrogen (secondary N) is 1. The van der Waals surface area contributed by atoms with Crippen LogP contribution in [0.1, 0.15) is 56.9 Å². The second kappa shape index (κ2) is 7.16. The van der Waals surface area contributed by atoms with E-state index in [-0.39, 0.29) is 23.8 Å². The van der Waals surface area contributed by atoms with Gasteiger partial charge in [0.15, 0.2) is 0 Å². The van der Waals surface area contributed by atoms with Crippen LogP contribution in [0.5, 0.6) is 0 Å². The molecule has 3 rings (SSSR count). The van der Waals surface area contributed by atoms with Crippen LogP contribution in [0.15, 0.2) is 30.3 Å². The fourth-order valence-electron chi connectivity index (χ4n) is 3.41. The molecule has 23 heavy (non-hydrogen) atoms. The molecule has 1 saturated heterocycles. The maximum Gasteiger partial charge on any atom is 0.243 e. The molecular weight excluding hydrogens is 288 g/mol. The first-order chi connectivity index (χ1) is 11.2. The van der Waals surface area contributed by atoms with Crippen molar-refractivity contribution in [3.05, 3.63) is 35.9 Å². The Hall–Kier alpha value is -1.84. The minimum atomic E-state index is -0.253. The predicted octanol–water partition coefficient (Wildman–Crippen LogP) is 2.84. The minimum absolute atomic E-state index is 0.0473. The zero-order valence-corrected chi connectivity index (χ0v) is 13.8. The van der Waals surface area contributed by atoms with Crippen molar-refractivity contribution >= 4 is 11.8 Å². The van der Waals surface area contributed by atoms with E-state index >= 15 is 0 Å². The van der Waals surface area contributed by atoms with Gasteiger partial charge in [0.2, 0.25) is 11.8 Å². The molecule has 0 radical (unpaired) electrons. The molecule has 1 aromatic carbocycles. The van der Waals surface area contributed by atoms with E-state index < -0.39 is 0 Å². The van der Waals surface area contributed by atoms with Gasteiger partial charge in [-0.25, -0.2) is 0 Å². The molecule has 1 heterocycles. The van der Waals surface area contributed by atoms with Crippen LogP contribution in [0.2, 0.25) is 0 Å². The van der Waals surface area contributed by atoms with E-state index in [9.17, 15) is 9.59 Å². The van der Waals surface area contributed by atoms with Crippen molar-refractivity contribution in [2.24, 2.45) is 0 Å². The van der Waals surface area contributed by atoms with Crippen LogP contribution in [0.25, 0.3) is 0 Å². The van der Waals surface area contributed by atoms with E-state index in [0.29, 0.717) is 19.0 Å². The van der Waals surface area contributed by atoms with Crippen molar-refractivity contribution in [1.82, 2.24) is 10.2 Å². The highest BCUT2D eigenvalue weighted by molar-refractivity contribution is 5.88. The first-order valence-electron chi connectivity index (χ1n) is 8.83. The highest BCUT2D eigenvalue weighted by Crippen LogP contribution is 2.27. The summed E-state index contributed by atoms with van der Waals surface area (Å²) in [6.07, 6.45) is 5.32. The fourth-order valence-corrected chi connectivity index (χ4v) is 3.41. The number of rotatable bonds is 6. The number of amides is 2. The molecule has 0 aromatic heterocycles. The number of carbonyl (C=O) groups is 2. The SMILES string of the molecule is CCC(CC(=O)N1CCCC1C(=O)NC1CC1)c1ccccc1. The molecule has 1 aliphatic carbocycles. The van der Waals surface area contributed by atoms with Crippen molar-refractivity contribution in [1.29, 1.82) is 0 Å². The molecule has 1 saturated carbocycles. The van der Waals surface area contributed by atoms with Crippen LogP contribution >= 0.6 is 0 Å². The van der Waals surface area contributed by atoms with E-state index in [2.05, 4.69) is 24.4 Å². The molecule has 0 bridgehead atoms. The summed E-state index contributed by atoms with van der Waals surface area (Å²) in [4.78, 5) is 26.9. The zero-order chi connectivity index (χ0) is 16.2. The van der Waals surface area contributed by atoms with Gasteiger partial charge in [-0.05, 0) is 43.6 Å². The van der Waals surface area contributed by atoms with Gasteiger partial charge in [0.1, 0.15) is 6.04 Å². The van der Waals surface area contributed by atoms with Gasteiger partial charge in [0.05, 0.1) is 0 Å². The Morgan fingerprint density at radius 1 is 1.22 bits per heavy atom. The Balaban J connectivity index is 1.62. The number of likely N-dealkylation sites (tertiary alicyclic amines) is 1. The molecule has 1 N–H and O–H groups in total. The molecule has 1 aromatic rings. The van der Waals surface area contributed by atoms with Gasteiger partial charge in [-0.1, -0.05) is 37.3 Å². The summed E-state index contributed by atoms with van der Waals surface area (Å²) < 4.78 is 0. The topological polar surface area (TPSA) is 49.4 Å². The van der Waals surface area contributed by atoms with Gasteiger partial charge >= 0.3 is 0 Å². The monoisotopic (exact) mass is 314 g/mol. The van der Waals surface area contributed by atoms with Crippen molar-refractivity contribution in [2.75, 3.05) is 6.54 Å². The lowest BCUT2D eigenvalue weighted by molar-refractivity contribution is -0.138. The first kappa shape index (κ1) is 16.0. The van der Waals surface area contributed by atoms with Gasteiger partial charge < -0.3 is 10.2 Å². The van der Waals surface area contributed by atoms with Crippen LogP contribution in [-0.4, -0.2) is 35.3 Å².